The van der Waals surface area contributed by atoms with Crippen LogP contribution in [0.4, 0.5) is 13.2 Å². The number of allylic oxidation sites excluding steroid dienone is 2. The summed E-state index contributed by atoms with van der Waals surface area (Å²) in [6.45, 7) is 9.34. The number of aliphatic hydroxyl groups excluding tert-OH is 1. The maximum Gasteiger partial charge on any atom is 2.00 e. The number of pyridine rings is 7. The molecule has 18 aromatic rings. The Kier molecular flexibility index (Phi) is 34.2. The third-order valence-corrected chi connectivity index (χ3v) is 20.3. The fourth-order valence-electron chi connectivity index (χ4n) is 11.7. The van der Waals surface area contributed by atoms with Crippen molar-refractivity contribution < 1.29 is 125 Å². The van der Waals surface area contributed by atoms with Gasteiger partial charge in [0.25, 0.3) is 0 Å². The van der Waals surface area contributed by atoms with Gasteiger partial charge in [-0.05, 0) is 145 Å². The van der Waals surface area contributed by atoms with Crippen LogP contribution in [0.3, 0.4) is 0 Å². The van der Waals surface area contributed by atoms with E-state index in [1.54, 1.807) is 34.0 Å². The van der Waals surface area contributed by atoms with Gasteiger partial charge in [-0.2, -0.15) is 0 Å². The minimum Gasteiger partial charge on any atom is -0.512 e. The van der Waals surface area contributed by atoms with Crippen LogP contribution >= 0.6 is 34.0 Å². The standard InChI is InChI=1S/C29H20N2S2.C22H16N.C15H10N.C13H8NS.C10H4F3N2.C5H8O2.4Ir.Pt/c1-29(2,27-15-7-11-21(30-27)25-17-19-9-3-5-13-23(19)32-25)28-16-8-12-22(31-28)26-18-20-10-4-6-14-24(20)33-26;1-16-14-19-10-5-6-13-21(19)23-22(16)20-12-7-11-18(15-20)17-8-3-2-4-9-17;1-2-7-13(8-3-1)15-14-9-5-4-6-12(14)10-11-16-15;1-2-7-12-10(5-1)9-13(15-12)11-6-3-4-8-14-11;11-6-3-4-14-8(5-6)7-1-2-9(12)15-10(7)13;1-4(6)3-5(2)7;;;;;/h3-16H,1-2H3;2-11,13-15H,1H3;1-7,9-11H;1-8H;2-5H;3,6H,1-2H3;;;;;/q-2;4*-1;;;;;;+2. The summed E-state index contributed by atoms with van der Waals surface area (Å²) in [5, 5.41) is 15.4. The number of rotatable bonds is 10. The van der Waals surface area contributed by atoms with E-state index in [0.717, 1.165) is 100 Å². The summed E-state index contributed by atoms with van der Waals surface area (Å²) >= 11 is 5.19. The number of carbonyl (C=O) groups excluding carboxylic acids is 1. The van der Waals surface area contributed by atoms with Crippen molar-refractivity contribution in [1.82, 2.24) is 34.9 Å². The molecular formula is C94H66F3Ir4N7O2PtS3-4. The molecule has 10 aromatic heterocycles. The predicted molar refractivity (Wildman–Crippen MR) is 439 cm³/mol. The number of nitrogens with zero attached hydrogens (tertiary/aromatic N) is 7. The van der Waals surface area contributed by atoms with E-state index in [0.29, 0.717) is 0 Å². The Bertz CT molecular complexity index is 5990. The molecule has 18 rings (SSSR count). The molecule has 20 heteroatoms. The van der Waals surface area contributed by atoms with Gasteiger partial charge in [-0.3, -0.25) is 24.7 Å². The maximum atomic E-state index is 13.1. The van der Waals surface area contributed by atoms with Crippen molar-refractivity contribution >= 4 is 91.7 Å². The minimum absolute atomic E-state index is 0. The monoisotopic (exact) mass is 2440 g/mol. The molecule has 0 atom stereocenters. The first-order valence-corrected chi connectivity index (χ1v) is 37.1. The second-order valence-electron chi connectivity index (χ2n) is 25.3. The molecule has 0 aliphatic carbocycles. The number of thiophene rings is 3. The second kappa shape index (κ2) is 43.3. The van der Waals surface area contributed by atoms with Gasteiger partial charge in [0.2, 0.25) is 0 Å². The summed E-state index contributed by atoms with van der Waals surface area (Å²) in [7, 11) is 0. The SMILES string of the molecule is CC(=O)C=C(C)O.CC(C)(c1cccc(-c2[c-]c3ccccc3s2)n1)c1cccc(-c2[c-]c3ccccc3s2)n1.Cc1cc2ccccc2nc1-c1[c-]ccc(-c2ccccc2)c1.Fc1ccnc(-c2[c-]cc(F)nc2F)c1.[Ir].[Ir].[Ir].[Ir].[Pt+2].[c-]1c(-c2ccccn2)sc2ccccc12.[c-]1ccccc1-c1nccc2ccccc12. The number of hydrogen-bond donors (Lipinski definition) is 1. The van der Waals surface area contributed by atoms with Crippen LogP contribution in [0.2, 0.25) is 0 Å². The van der Waals surface area contributed by atoms with E-state index in [1.165, 1.54) is 78.5 Å². The third kappa shape index (κ3) is 23.4. The van der Waals surface area contributed by atoms with Crippen molar-refractivity contribution in [1.29, 1.82) is 0 Å². The Balaban J connectivity index is 0.000000179. The number of para-hydroxylation sites is 1. The number of aromatic nitrogens is 7. The molecule has 1 N–H and O–H groups in total. The minimum atomic E-state index is -1.06. The van der Waals surface area contributed by atoms with E-state index in [-0.39, 0.29) is 130 Å². The van der Waals surface area contributed by atoms with Crippen LogP contribution in [-0.2, 0) is 112 Å². The van der Waals surface area contributed by atoms with Gasteiger partial charge >= 0.3 is 21.1 Å². The molecule has 0 unspecified atom stereocenters. The number of hydrogen-bond acceptors (Lipinski definition) is 12. The molecule has 114 heavy (non-hydrogen) atoms. The summed E-state index contributed by atoms with van der Waals surface area (Å²) in [5.41, 5.74) is 13.1. The molecule has 0 fully saturated rings. The zero-order valence-electron chi connectivity index (χ0n) is 61.4. The number of benzene rings is 8. The van der Waals surface area contributed by atoms with E-state index < -0.39 is 17.7 Å². The van der Waals surface area contributed by atoms with Crippen LogP contribution in [0.25, 0.3) is 129 Å². The summed E-state index contributed by atoms with van der Waals surface area (Å²) in [6.07, 6.45) is 6.01. The molecule has 10 heterocycles. The van der Waals surface area contributed by atoms with Crippen LogP contribution in [0.5, 0.6) is 0 Å². The zero-order valence-corrected chi connectivity index (χ0v) is 75.7. The number of halogens is 3. The van der Waals surface area contributed by atoms with Gasteiger partial charge in [0.05, 0.1) is 11.3 Å². The molecule has 0 bridgehead atoms. The van der Waals surface area contributed by atoms with E-state index in [1.807, 2.05) is 103 Å². The smallest absolute Gasteiger partial charge is 0.512 e. The molecular weight excluding hydrogens is 2380 g/mol. The number of aliphatic hydroxyl groups is 1. The molecule has 0 aliphatic rings. The van der Waals surface area contributed by atoms with E-state index in [2.05, 4.69) is 247 Å². The average molecular weight is 2440 g/mol. The fourth-order valence-corrected chi connectivity index (χ4v) is 14.6. The van der Waals surface area contributed by atoms with E-state index in [9.17, 15) is 18.0 Å². The molecule has 0 saturated carbocycles. The van der Waals surface area contributed by atoms with Crippen LogP contribution in [-0.4, -0.2) is 45.8 Å². The first-order valence-electron chi connectivity index (χ1n) is 34.6. The molecule has 9 nitrogen and oxygen atoms in total. The topological polar surface area (TPSA) is 128 Å². The Hall–Kier alpha value is -9.50. The number of fused-ring (bicyclic) bond motifs is 5. The summed E-state index contributed by atoms with van der Waals surface area (Å²) < 4.78 is 42.1. The summed E-state index contributed by atoms with van der Waals surface area (Å²) in [6, 6.07) is 111. The van der Waals surface area contributed by atoms with Gasteiger partial charge in [0.15, 0.2) is 5.78 Å². The number of aryl methyl sites for hydroxylation is 1. The van der Waals surface area contributed by atoms with Gasteiger partial charge in [-0.1, -0.05) is 169 Å². The van der Waals surface area contributed by atoms with Crippen molar-refractivity contribution in [2.24, 2.45) is 0 Å². The number of ketones is 1. The molecule has 0 amide bonds. The van der Waals surface area contributed by atoms with Gasteiger partial charge < -0.3 is 20.1 Å². The van der Waals surface area contributed by atoms with E-state index >= 15 is 0 Å². The van der Waals surface area contributed by atoms with Gasteiger partial charge in [0, 0.05) is 139 Å². The average Bonchev–Trinajstić information content (AvgIpc) is 1.08. The van der Waals surface area contributed by atoms with Crippen LogP contribution in [0.1, 0.15) is 44.6 Å². The predicted octanol–water partition coefficient (Wildman–Crippen LogP) is 24.7. The molecule has 0 saturated heterocycles. The fraction of sp³-hybridized carbons (Fsp3) is 0.0638. The van der Waals surface area contributed by atoms with Crippen molar-refractivity contribution in [2.45, 2.75) is 40.0 Å². The normalized spacial score (nSPS) is 10.6. The zero-order chi connectivity index (χ0) is 75.6. The Morgan fingerprint density at radius 1 is 0.447 bits per heavy atom. The Morgan fingerprint density at radius 2 is 0.974 bits per heavy atom. The first-order chi connectivity index (χ1) is 53.1. The molecule has 4 radical (unpaired) electrons. The summed E-state index contributed by atoms with van der Waals surface area (Å²) in [4.78, 5) is 43.7. The van der Waals surface area contributed by atoms with Gasteiger partial charge in [-0.25, -0.2) is 47.2 Å². The first kappa shape index (κ1) is 90.0. The molecule has 0 aliphatic heterocycles. The Labute approximate surface area is 740 Å². The van der Waals surface area contributed by atoms with Gasteiger partial charge in [0.1, 0.15) is 17.7 Å². The van der Waals surface area contributed by atoms with Crippen molar-refractivity contribution in [3.05, 3.63) is 381 Å². The third-order valence-electron chi connectivity index (χ3n) is 17.0. The number of carbonyl (C=O) groups is 1. The van der Waals surface area contributed by atoms with Crippen molar-refractivity contribution in [3.63, 3.8) is 0 Å². The van der Waals surface area contributed by atoms with Crippen molar-refractivity contribution in [3.8, 4) is 76.6 Å². The largest absolute Gasteiger partial charge is 2.00 e. The summed E-state index contributed by atoms with van der Waals surface area (Å²) in [5.74, 6) is -2.66. The molecule has 578 valence electrons. The quantitative estimate of drug-likeness (QED) is 0.0616. The van der Waals surface area contributed by atoms with Crippen LogP contribution in [0, 0.1) is 61.0 Å². The van der Waals surface area contributed by atoms with Gasteiger partial charge in [-0.15, -0.1) is 148 Å². The Morgan fingerprint density at radius 3 is 1.53 bits per heavy atom. The molecule has 0 spiro atoms. The van der Waals surface area contributed by atoms with Crippen LogP contribution < -0.4 is 0 Å². The van der Waals surface area contributed by atoms with E-state index in [4.69, 9.17) is 20.1 Å². The van der Waals surface area contributed by atoms with Crippen LogP contribution in [0.15, 0.2) is 309 Å². The maximum absolute atomic E-state index is 13.1. The van der Waals surface area contributed by atoms with Crippen molar-refractivity contribution in [2.75, 3.05) is 0 Å². The molecule has 8 aromatic carbocycles. The second-order valence-corrected chi connectivity index (χ2v) is 28.5.